The van der Waals surface area contributed by atoms with Gasteiger partial charge in [0.1, 0.15) is 11.9 Å². The van der Waals surface area contributed by atoms with Crippen molar-refractivity contribution in [3.8, 4) is 0 Å². The van der Waals surface area contributed by atoms with Crippen LogP contribution in [0.2, 0.25) is 0 Å². The Balaban J connectivity index is 1.48. The summed E-state index contributed by atoms with van der Waals surface area (Å²) < 4.78 is 0. The van der Waals surface area contributed by atoms with Crippen molar-refractivity contribution in [2.45, 2.75) is 6.17 Å². The van der Waals surface area contributed by atoms with Crippen LogP contribution in [0.4, 0.5) is 5.69 Å². The molecule has 2 heterocycles. The first-order valence-electron chi connectivity index (χ1n) is 9.63. The molecule has 0 spiro atoms. The summed E-state index contributed by atoms with van der Waals surface area (Å²) in [4.78, 5) is 21.0. The fourth-order valence-corrected chi connectivity index (χ4v) is 3.66. The quantitative estimate of drug-likeness (QED) is 0.499. The van der Waals surface area contributed by atoms with Gasteiger partial charge in [0.25, 0.3) is 5.91 Å². The number of anilines is 1. The third kappa shape index (κ3) is 3.38. The van der Waals surface area contributed by atoms with Crippen LogP contribution in [0, 0.1) is 0 Å². The molecule has 3 N–H and O–H groups in total. The lowest BCUT2D eigenvalue weighted by Crippen LogP contribution is -2.38. The number of amides is 1. The van der Waals surface area contributed by atoms with Gasteiger partial charge >= 0.3 is 0 Å². The van der Waals surface area contributed by atoms with Crippen LogP contribution in [-0.2, 0) is 0 Å². The van der Waals surface area contributed by atoms with E-state index < -0.39 is 6.17 Å². The van der Waals surface area contributed by atoms with Crippen molar-refractivity contribution in [2.24, 2.45) is 4.99 Å². The molecule has 5 heteroatoms. The largest absolute Gasteiger partial charge is 0.380 e. The SMILES string of the molecule is O=C(NC1CNc2ccccc2C(c2ccccc2)=N1)c1cc2ccccc2[nH]1. The topological polar surface area (TPSA) is 69.3 Å². The van der Waals surface area contributed by atoms with Gasteiger partial charge in [0.15, 0.2) is 0 Å². The lowest BCUT2D eigenvalue weighted by Gasteiger charge is -2.14. The lowest BCUT2D eigenvalue weighted by molar-refractivity contribution is 0.0936. The van der Waals surface area contributed by atoms with Crippen LogP contribution in [-0.4, -0.2) is 29.3 Å². The number of H-pyrrole nitrogens is 1. The monoisotopic (exact) mass is 380 g/mol. The number of benzodiazepines with no additional fused rings is 1. The number of nitrogens with one attached hydrogen (secondary N) is 3. The van der Waals surface area contributed by atoms with E-state index in [1.54, 1.807) is 0 Å². The molecule has 1 amide bonds. The summed E-state index contributed by atoms with van der Waals surface area (Å²) in [5.41, 5.74) is 5.40. The van der Waals surface area contributed by atoms with E-state index in [2.05, 4.69) is 21.7 Å². The second kappa shape index (κ2) is 7.28. The molecule has 29 heavy (non-hydrogen) atoms. The third-order valence-electron chi connectivity index (χ3n) is 5.07. The number of benzene rings is 3. The fourth-order valence-electron chi connectivity index (χ4n) is 3.66. The predicted octanol–water partition coefficient (Wildman–Crippen LogP) is 4.19. The van der Waals surface area contributed by atoms with Gasteiger partial charge in [0, 0.05) is 27.7 Å². The highest BCUT2D eigenvalue weighted by molar-refractivity contribution is 6.16. The molecule has 0 radical (unpaired) electrons. The normalized spacial score (nSPS) is 15.7. The molecule has 142 valence electrons. The summed E-state index contributed by atoms with van der Waals surface area (Å²) in [5.74, 6) is -0.171. The summed E-state index contributed by atoms with van der Waals surface area (Å²) in [5, 5.41) is 7.48. The zero-order valence-corrected chi connectivity index (χ0v) is 15.7. The predicted molar refractivity (Wildman–Crippen MR) is 117 cm³/mol. The molecule has 3 aromatic carbocycles. The maximum absolute atomic E-state index is 12.9. The second-order valence-electron chi connectivity index (χ2n) is 7.03. The summed E-state index contributed by atoms with van der Waals surface area (Å²) in [6.07, 6.45) is -0.392. The zero-order valence-electron chi connectivity index (χ0n) is 15.7. The fraction of sp³-hybridized carbons (Fsp3) is 0.0833. The molecule has 0 bridgehead atoms. The Morgan fingerprint density at radius 1 is 0.931 bits per heavy atom. The Bertz CT molecular complexity index is 1180. The Kier molecular flexibility index (Phi) is 4.33. The highest BCUT2D eigenvalue weighted by atomic mass is 16.2. The van der Waals surface area contributed by atoms with E-state index in [1.165, 1.54) is 0 Å². The number of aliphatic imine (C=N–C) groups is 1. The minimum atomic E-state index is -0.392. The first-order chi connectivity index (χ1) is 14.3. The highest BCUT2D eigenvalue weighted by Crippen LogP contribution is 2.23. The van der Waals surface area contributed by atoms with Crippen molar-refractivity contribution < 1.29 is 4.79 Å². The molecule has 1 unspecified atom stereocenters. The molecule has 0 saturated carbocycles. The maximum Gasteiger partial charge on any atom is 0.269 e. The number of hydrogen-bond donors (Lipinski definition) is 3. The van der Waals surface area contributed by atoms with E-state index >= 15 is 0 Å². The molecule has 0 fully saturated rings. The molecule has 5 nitrogen and oxygen atoms in total. The smallest absolute Gasteiger partial charge is 0.269 e. The number of rotatable bonds is 3. The van der Waals surface area contributed by atoms with Crippen LogP contribution >= 0.6 is 0 Å². The summed E-state index contributed by atoms with van der Waals surface area (Å²) in [7, 11) is 0. The van der Waals surface area contributed by atoms with Crippen molar-refractivity contribution in [2.75, 3.05) is 11.9 Å². The van der Waals surface area contributed by atoms with E-state index in [4.69, 9.17) is 4.99 Å². The zero-order chi connectivity index (χ0) is 19.6. The lowest BCUT2D eigenvalue weighted by atomic mass is 10.0. The molecule has 5 rings (SSSR count). The molecule has 1 aliphatic rings. The van der Waals surface area contributed by atoms with E-state index in [9.17, 15) is 4.79 Å². The van der Waals surface area contributed by atoms with Crippen molar-refractivity contribution in [1.82, 2.24) is 10.3 Å². The van der Waals surface area contributed by atoms with Crippen molar-refractivity contribution in [3.05, 3.63) is 102 Å². The molecule has 0 aliphatic carbocycles. The Morgan fingerprint density at radius 3 is 2.55 bits per heavy atom. The van der Waals surface area contributed by atoms with E-state index in [0.29, 0.717) is 12.2 Å². The summed E-state index contributed by atoms with van der Waals surface area (Å²) in [6.45, 7) is 0.513. The standard InChI is InChI=1S/C24H20N4O/c29-24(21-14-17-10-4-6-12-19(17)26-21)28-22-15-25-20-13-7-5-11-18(20)23(27-22)16-8-2-1-3-9-16/h1-14,22,25-26H,15H2,(H,28,29). The number of para-hydroxylation sites is 2. The molecule has 4 aromatic rings. The van der Waals surface area contributed by atoms with Crippen LogP contribution in [0.3, 0.4) is 0 Å². The average Bonchev–Trinajstić information content (AvgIpc) is 3.12. The highest BCUT2D eigenvalue weighted by Gasteiger charge is 2.21. The van der Waals surface area contributed by atoms with E-state index in [0.717, 1.165) is 33.4 Å². The van der Waals surface area contributed by atoms with Crippen LogP contribution in [0.15, 0.2) is 89.9 Å². The minimum absolute atomic E-state index is 0.171. The van der Waals surface area contributed by atoms with Crippen LogP contribution < -0.4 is 10.6 Å². The van der Waals surface area contributed by atoms with Crippen LogP contribution in [0.5, 0.6) is 0 Å². The minimum Gasteiger partial charge on any atom is -0.380 e. The number of nitrogens with zero attached hydrogens (tertiary/aromatic N) is 1. The van der Waals surface area contributed by atoms with Crippen molar-refractivity contribution >= 4 is 28.2 Å². The van der Waals surface area contributed by atoms with Gasteiger partial charge in [0.05, 0.1) is 12.3 Å². The Labute approximate surface area is 168 Å². The molecule has 1 aromatic heterocycles. The van der Waals surface area contributed by atoms with Gasteiger partial charge < -0.3 is 15.6 Å². The number of carbonyl (C=O) groups excluding carboxylic acids is 1. The van der Waals surface area contributed by atoms with Gasteiger partial charge in [-0.15, -0.1) is 0 Å². The van der Waals surface area contributed by atoms with Gasteiger partial charge in [-0.2, -0.15) is 0 Å². The molecular weight excluding hydrogens is 360 g/mol. The molecule has 1 atom stereocenters. The number of aromatic amines is 1. The third-order valence-corrected chi connectivity index (χ3v) is 5.07. The number of hydrogen-bond acceptors (Lipinski definition) is 3. The van der Waals surface area contributed by atoms with Crippen LogP contribution in [0.1, 0.15) is 21.6 Å². The summed E-state index contributed by atoms with van der Waals surface area (Å²) in [6, 6.07) is 27.9. The molecule has 1 aliphatic heterocycles. The number of fused-ring (bicyclic) bond motifs is 2. The van der Waals surface area contributed by atoms with E-state index in [-0.39, 0.29) is 5.91 Å². The first kappa shape index (κ1) is 17.3. The van der Waals surface area contributed by atoms with Gasteiger partial charge in [-0.25, -0.2) is 0 Å². The second-order valence-corrected chi connectivity index (χ2v) is 7.03. The molecule has 0 saturated heterocycles. The van der Waals surface area contributed by atoms with E-state index in [1.807, 2.05) is 78.9 Å². The summed E-state index contributed by atoms with van der Waals surface area (Å²) >= 11 is 0. The average molecular weight is 380 g/mol. The van der Waals surface area contributed by atoms with Gasteiger partial charge in [-0.1, -0.05) is 66.7 Å². The molecular formula is C24H20N4O. The maximum atomic E-state index is 12.9. The first-order valence-corrected chi connectivity index (χ1v) is 9.63. The van der Waals surface area contributed by atoms with Gasteiger partial charge in [0.2, 0.25) is 0 Å². The Morgan fingerprint density at radius 2 is 1.69 bits per heavy atom. The van der Waals surface area contributed by atoms with Gasteiger partial charge in [-0.05, 0) is 18.2 Å². The van der Waals surface area contributed by atoms with Crippen LogP contribution in [0.25, 0.3) is 10.9 Å². The number of carbonyl (C=O) groups is 1. The number of aromatic nitrogens is 1. The Hall–Kier alpha value is -3.86. The van der Waals surface area contributed by atoms with Gasteiger partial charge in [-0.3, -0.25) is 9.79 Å². The van der Waals surface area contributed by atoms with Crippen molar-refractivity contribution in [1.29, 1.82) is 0 Å². The van der Waals surface area contributed by atoms with Crippen molar-refractivity contribution in [3.63, 3.8) is 0 Å².